The average molecular weight is 452 g/mol. The molecule has 6 heteroatoms. The van der Waals surface area contributed by atoms with Gasteiger partial charge < -0.3 is 24.2 Å². The Morgan fingerprint density at radius 3 is 2.58 bits per heavy atom. The van der Waals surface area contributed by atoms with Crippen LogP contribution in [0, 0.1) is 5.92 Å². The lowest BCUT2D eigenvalue weighted by Crippen LogP contribution is -2.36. The Morgan fingerprint density at radius 2 is 1.85 bits per heavy atom. The fourth-order valence-electron chi connectivity index (χ4n) is 4.94. The molecule has 5 atom stereocenters. The number of aryl methyl sites for hydroxylation is 1. The van der Waals surface area contributed by atoms with E-state index in [1.807, 2.05) is 34.9 Å². The second kappa shape index (κ2) is 9.35. The monoisotopic (exact) mass is 451 g/mol. The van der Waals surface area contributed by atoms with Gasteiger partial charge in [0.1, 0.15) is 12.3 Å². The van der Waals surface area contributed by atoms with Gasteiger partial charge in [-0.25, -0.2) is 0 Å². The van der Waals surface area contributed by atoms with Crippen LogP contribution >= 0.6 is 0 Å². The summed E-state index contributed by atoms with van der Waals surface area (Å²) in [6.07, 6.45) is 15.5. The van der Waals surface area contributed by atoms with E-state index in [1.54, 1.807) is 12.3 Å². The number of hydrogen-bond acceptors (Lipinski definition) is 5. The van der Waals surface area contributed by atoms with Gasteiger partial charge in [0.05, 0.1) is 0 Å². The van der Waals surface area contributed by atoms with Crippen LogP contribution in [0.3, 0.4) is 0 Å². The molecular weight excluding hydrogens is 414 g/mol. The largest absolute Gasteiger partial charge is 0.370 e. The van der Waals surface area contributed by atoms with E-state index in [0.29, 0.717) is 5.92 Å². The Balaban J connectivity index is 1.50. The molecule has 0 saturated carbocycles. The van der Waals surface area contributed by atoms with Crippen molar-refractivity contribution >= 4 is 0 Å². The molecule has 0 aliphatic carbocycles. The minimum Gasteiger partial charge on any atom is -0.370 e. The van der Waals surface area contributed by atoms with E-state index >= 15 is 0 Å². The first-order valence-electron chi connectivity index (χ1n) is 11.9. The number of rotatable bonds is 7. The zero-order chi connectivity index (χ0) is 23.9. The van der Waals surface area contributed by atoms with Gasteiger partial charge in [-0.15, -0.1) is 0 Å². The van der Waals surface area contributed by atoms with Crippen LogP contribution in [0.25, 0.3) is 0 Å². The van der Waals surface area contributed by atoms with Crippen molar-refractivity contribution in [1.82, 2.24) is 14.4 Å². The SMILES string of the molecule is CC(CC1=CC=C([C@H](C)CC2=CN(C(C)C)C(O)C=C2)C2OC2N1C)c1cn(C)ccc1=O. The number of ether oxygens (including phenoxy) is 1. The third-order valence-electron chi connectivity index (χ3n) is 7.04. The van der Waals surface area contributed by atoms with Crippen LogP contribution in [0.5, 0.6) is 0 Å². The maximum absolute atomic E-state index is 12.4. The smallest absolute Gasteiger partial charge is 0.185 e. The molecule has 1 aromatic heterocycles. The molecule has 178 valence electrons. The molecule has 0 spiro atoms. The molecular formula is C27H37N3O3. The first kappa shape index (κ1) is 23.6. The number of likely N-dealkylation sites (N-methyl/N-ethyl adjacent to an activating group) is 1. The molecule has 1 fully saturated rings. The predicted molar refractivity (Wildman–Crippen MR) is 131 cm³/mol. The van der Waals surface area contributed by atoms with Crippen molar-refractivity contribution in [3.05, 3.63) is 81.6 Å². The standard InChI is InChI=1S/C27H37N3O3/c1-17(2)30-15-20(7-10-25(30)32)13-18(3)22-9-8-21(29(6)27-26(22)33-27)14-19(4)23-16-28(5)12-11-24(23)31/h7-12,15-19,25-27,32H,13-14H2,1-6H3/t18-,19?,25?,26?,27?/m1/s1. The molecule has 1 N–H and O–H groups in total. The fourth-order valence-corrected chi connectivity index (χ4v) is 4.94. The van der Waals surface area contributed by atoms with Gasteiger partial charge in [0.2, 0.25) is 0 Å². The topological polar surface area (TPSA) is 61.2 Å². The van der Waals surface area contributed by atoms with Gasteiger partial charge in [-0.1, -0.05) is 26.0 Å². The predicted octanol–water partition coefficient (Wildman–Crippen LogP) is 3.87. The molecule has 1 saturated heterocycles. The Morgan fingerprint density at radius 1 is 1.09 bits per heavy atom. The van der Waals surface area contributed by atoms with E-state index in [-0.39, 0.29) is 29.7 Å². The van der Waals surface area contributed by atoms with Crippen LogP contribution < -0.4 is 5.43 Å². The summed E-state index contributed by atoms with van der Waals surface area (Å²) in [4.78, 5) is 16.6. The lowest BCUT2D eigenvalue weighted by Gasteiger charge is -2.32. The van der Waals surface area contributed by atoms with Crippen LogP contribution in [0.4, 0.5) is 0 Å². The lowest BCUT2D eigenvalue weighted by atomic mass is 9.90. The Bertz CT molecular complexity index is 1060. The Kier molecular flexibility index (Phi) is 6.68. The van der Waals surface area contributed by atoms with Gasteiger partial charge in [-0.2, -0.15) is 0 Å². The molecule has 1 aromatic rings. The molecule has 3 aliphatic heterocycles. The molecule has 4 unspecified atom stereocenters. The van der Waals surface area contributed by atoms with Crippen molar-refractivity contribution in [3.63, 3.8) is 0 Å². The van der Waals surface area contributed by atoms with Crippen LogP contribution in [0.1, 0.15) is 52.0 Å². The molecule has 0 bridgehead atoms. The fraction of sp³-hybridized carbons (Fsp3) is 0.519. The third-order valence-corrected chi connectivity index (χ3v) is 7.04. The minimum absolute atomic E-state index is 0.0584. The zero-order valence-corrected chi connectivity index (χ0v) is 20.6. The van der Waals surface area contributed by atoms with E-state index in [0.717, 1.165) is 18.4 Å². The van der Waals surface area contributed by atoms with E-state index in [4.69, 9.17) is 4.74 Å². The van der Waals surface area contributed by atoms with E-state index in [2.05, 4.69) is 58.0 Å². The van der Waals surface area contributed by atoms with Gasteiger partial charge >= 0.3 is 0 Å². The van der Waals surface area contributed by atoms with Gasteiger partial charge in [0.25, 0.3) is 0 Å². The maximum atomic E-state index is 12.4. The summed E-state index contributed by atoms with van der Waals surface area (Å²) >= 11 is 0. The summed E-state index contributed by atoms with van der Waals surface area (Å²) in [5, 5.41) is 10.2. The van der Waals surface area contributed by atoms with Gasteiger partial charge in [0, 0.05) is 56.1 Å². The molecule has 4 heterocycles. The number of hydrogen-bond donors (Lipinski definition) is 1. The molecule has 0 amide bonds. The van der Waals surface area contributed by atoms with Gasteiger partial charge in [-0.3, -0.25) is 4.79 Å². The highest BCUT2D eigenvalue weighted by Gasteiger charge is 2.47. The number of allylic oxidation sites excluding steroid dienone is 5. The number of nitrogens with zero attached hydrogens (tertiary/aromatic N) is 3. The van der Waals surface area contributed by atoms with E-state index in [9.17, 15) is 9.90 Å². The van der Waals surface area contributed by atoms with Crippen LogP contribution in [-0.4, -0.2) is 51.1 Å². The molecule has 3 aliphatic rings. The summed E-state index contributed by atoms with van der Waals surface area (Å²) in [6, 6.07) is 1.89. The van der Waals surface area contributed by atoms with Crippen molar-refractivity contribution in [2.24, 2.45) is 13.0 Å². The number of pyridine rings is 1. The highest BCUT2D eigenvalue weighted by atomic mass is 16.6. The molecule has 4 rings (SSSR count). The van der Waals surface area contributed by atoms with Crippen LogP contribution in [0.2, 0.25) is 0 Å². The summed E-state index contributed by atoms with van der Waals surface area (Å²) < 4.78 is 8.03. The second-order valence-corrected chi connectivity index (χ2v) is 10.0. The minimum atomic E-state index is -0.556. The average Bonchev–Trinajstić information content (AvgIpc) is 3.56. The summed E-state index contributed by atoms with van der Waals surface area (Å²) in [7, 11) is 4.03. The van der Waals surface area contributed by atoms with Crippen molar-refractivity contribution < 1.29 is 9.84 Å². The Hall–Kier alpha value is -2.57. The maximum Gasteiger partial charge on any atom is 0.185 e. The molecule has 0 radical (unpaired) electrons. The lowest BCUT2D eigenvalue weighted by molar-refractivity contribution is 0.0554. The first-order valence-corrected chi connectivity index (χ1v) is 11.9. The highest BCUT2D eigenvalue weighted by molar-refractivity contribution is 5.34. The van der Waals surface area contributed by atoms with Gasteiger partial charge in [0.15, 0.2) is 11.7 Å². The summed E-state index contributed by atoms with van der Waals surface area (Å²) in [5.74, 6) is 0.442. The molecule has 0 aromatic carbocycles. The highest BCUT2D eigenvalue weighted by Crippen LogP contribution is 2.42. The number of aliphatic hydroxyl groups excluding tert-OH is 1. The van der Waals surface area contributed by atoms with E-state index in [1.165, 1.54) is 16.8 Å². The Labute approximate surface area is 197 Å². The van der Waals surface area contributed by atoms with Crippen LogP contribution in [-0.2, 0) is 11.8 Å². The van der Waals surface area contributed by atoms with Crippen molar-refractivity contribution in [2.45, 2.75) is 71.1 Å². The van der Waals surface area contributed by atoms with Crippen molar-refractivity contribution in [3.8, 4) is 0 Å². The van der Waals surface area contributed by atoms with Crippen molar-refractivity contribution in [2.75, 3.05) is 7.05 Å². The quantitative estimate of drug-likeness (QED) is 0.638. The molecule has 33 heavy (non-hydrogen) atoms. The third kappa shape index (κ3) is 5.02. The van der Waals surface area contributed by atoms with E-state index < -0.39 is 6.23 Å². The van der Waals surface area contributed by atoms with Crippen molar-refractivity contribution in [1.29, 1.82) is 0 Å². The number of fused-ring (bicyclic) bond motifs is 1. The normalized spacial score (nSPS) is 26.3. The number of aromatic nitrogens is 1. The molecule has 6 nitrogen and oxygen atoms in total. The number of aliphatic hydroxyl groups is 1. The van der Waals surface area contributed by atoms with Gasteiger partial charge in [-0.05, 0) is 61.8 Å². The van der Waals surface area contributed by atoms with Crippen LogP contribution in [0.15, 0.2) is 70.6 Å². The summed E-state index contributed by atoms with van der Waals surface area (Å²) in [6.45, 7) is 8.54. The number of epoxide rings is 1. The summed E-state index contributed by atoms with van der Waals surface area (Å²) in [5.41, 5.74) is 4.65. The first-order chi connectivity index (χ1) is 15.7. The zero-order valence-electron chi connectivity index (χ0n) is 20.6. The second-order valence-electron chi connectivity index (χ2n) is 10.0.